The molecule has 0 aliphatic carbocycles. The van der Waals surface area contributed by atoms with Gasteiger partial charge in [0.15, 0.2) is 5.96 Å². The number of ether oxygens (including phenoxy) is 1. The second-order valence-corrected chi connectivity index (χ2v) is 7.04. The molecule has 3 rings (SSSR count). The second kappa shape index (κ2) is 8.88. The lowest BCUT2D eigenvalue weighted by atomic mass is 10.1. The van der Waals surface area contributed by atoms with Crippen molar-refractivity contribution in [1.82, 2.24) is 25.4 Å². The normalized spacial score (nSPS) is 17.9. The number of nitrogens with zero attached hydrogens (tertiary/aromatic N) is 4. The van der Waals surface area contributed by atoms with Crippen LogP contribution in [0.1, 0.15) is 49.9 Å². The summed E-state index contributed by atoms with van der Waals surface area (Å²) in [6, 6.07) is 8.22. The summed E-state index contributed by atoms with van der Waals surface area (Å²) >= 11 is 0. The van der Waals surface area contributed by atoms with Crippen molar-refractivity contribution in [3.63, 3.8) is 0 Å². The van der Waals surface area contributed by atoms with Crippen LogP contribution in [-0.4, -0.2) is 39.9 Å². The Morgan fingerprint density at radius 1 is 1.41 bits per heavy atom. The molecule has 0 amide bonds. The highest BCUT2D eigenvalue weighted by Crippen LogP contribution is 2.22. The first-order valence-corrected chi connectivity index (χ1v) is 9.74. The van der Waals surface area contributed by atoms with Gasteiger partial charge in [-0.3, -0.25) is 0 Å². The third-order valence-electron chi connectivity index (χ3n) is 4.47. The maximum atomic E-state index is 5.98. The molecule has 1 aromatic carbocycles. The quantitative estimate of drug-likeness (QED) is 0.604. The fourth-order valence-corrected chi connectivity index (χ4v) is 3.27. The molecule has 1 aliphatic heterocycles. The van der Waals surface area contributed by atoms with Crippen molar-refractivity contribution in [3.8, 4) is 5.75 Å². The number of guanidine groups is 1. The van der Waals surface area contributed by atoms with Crippen LogP contribution in [0.3, 0.4) is 0 Å². The average Bonchev–Trinajstić information content (AvgIpc) is 3.01. The molecule has 1 aromatic heterocycles. The van der Waals surface area contributed by atoms with Gasteiger partial charge < -0.3 is 15.4 Å². The monoisotopic (exact) mass is 370 g/mol. The molecule has 7 nitrogen and oxygen atoms in total. The smallest absolute Gasteiger partial charge is 0.191 e. The van der Waals surface area contributed by atoms with Crippen molar-refractivity contribution in [2.45, 2.75) is 59.2 Å². The highest BCUT2D eigenvalue weighted by molar-refractivity contribution is 5.80. The van der Waals surface area contributed by atoms with Crippen molar-refractivity contribution in [2.24, 2.45) is 4.99 Å². The predicted molar refractivity (Wildman–Crippen MR) is 107 cm³/mol. The molecule has 2 aromatic rings. The predicted octanol–water partition coefficient (Wildman–Crippen LogP) is 2.75. The van der Waals surface area contributed by atoms with E-state index in [2.05, 4.69) is 40.6 Å². The Morgan fingerprint density at radius 2 is 2.26 bits per heavy atom. The van der Waals surface area contributed by atoms with Crippen LogP contribution < -0.4 is 15.4 Å². The first-order valence-electron chi connectivity index (χ1n) is 9.74. The van der Waals surface area contributed by atoms with Gasteiger partial charge in [-0.25, -0.2) is 14.7 Å². The summed E-state index contributed by atoms with van der Waals surface area (Å²) in [7, 11) is 0. The summed E-state index contributed by atoms with van der Waals surface area (Å²) in [5.41, 5.74) is 1.19. The summed E-state index contributed by atoms with van der Waals surface area (Å²) in [5.74, 6) is 3.48. The van der Waals surface area contributed by atoms with Gasteiger partial charge in [-0.15, -0.1) is 0 Å². The molecule has 0 fully saturated rings. The van der Waals surface area contributed by atoms with Gasteiger partial charge in [0.2, 0.25) is 0 Å². The van der Waals surface area contributed by atoms with Crippen molar-refractivity contribution in [3.05, 3.63) is 41.5 Å². The number of hydrogen-bond donors (Lipinski definition) is 2. The summed E-state index contributed by atoms with van der Waals surface area (Å²) in [6.07, 6.45) is 2.09. The molecule has 146 valence electrons. The van der Waals surface area contributed by atoms with Gasteiger partial charge in [0.05, 0.1) is 12.6 Å². The zero-order valence-corrected chi connectivity index (χ0v) is 16.7. The van der Waals surface area contributed by atoms with E-state index in [1.165, 1.54) is 5.56 Å². The van der Waals surface area contributed by atoms with Crippen LogP contribution in [0.15, 0.2) is 29.3 Å². The van der Waals surface area contributed by atoms with E-state index in [1.807, 2.05) is 36.7 Å². The van der Waals surface area contributed by atoms with Crippen LogP contribution in [0, 0.1) is 13.8 Å². The summed E-state index contributed by atoms with van der Waals surface area (Å²) < 4.78 is 7.99. The minimum Gasteiger partial charge on any atom is -0.489 e. The summed E-state index contributed by atoms with van der Waals surface area (Å²) in [6.45, 7) is 10.4. The van der Waals surface area contributed by atoms with Crippen molar-refractivity contribution in [1.29, 1.82) is 0 Å². The van der Waals surface area contributed by atoms with Gasteiger partial charge in [0, 0.05) is 13.1 Å². The molecule has 7 heteroatoms. The fourth-order valence-electron chi connectivity index (χ4n) is 3.27. The number of benzene rings is 1. The maximum absolute atomic E-state index is 5.98. The molecule has 1 aliphatic rings. The Bertz CT molecular complexity index is 785. The first kappa shape index (κ1) is 19.2. The Labute approximate surface area is 161 Å². The SMILES string of the molecule is CCNC(=NCC(C)Oc1cccc(C)c1)NC1CCCn2nc(C)nc21. The summed E-state index contributed by atoms with van der Waals surface area (Å²) in [4.78, 5) is 9.30. The van der Waals surface area contributed by atoms with Gasteiger partial charge >= 0.3 is 0 Å². The molecule has 0 spiro atoms. The topological polar surface area (TPSA) is 76.4 Å². The molecule has 0 saturated carbocycles. The van der Waals surface area contributed by atoms with Crippen molar-refractivity contribution < 1.29 is 4.74 Å². The van der Waals surface area contributed by atoms with E-state index in [9.17, 15) is 0 Å². The number of aliphatic imine (C=N–C) groups is 1. The molecule has 2 heterocycles. The molecular formula is C20H30N6O. The number of hydrogen-bond acceptors (Lipinski definition) is 4. The zero-order chi connectivity index (χ0) is 19.2. The van der Waals surface area contributed by atoms with Crippen LogP contribution in [0.2, 0.25) is 0 Å². The largest absolute Gasteiger partial charge is 0.489 e. The minimum atomic E-state index is -0.0143. The Hall–Kier alpha value is -2.57. The Morgan fingerprint density at radius 3 is 3.04 bits per heavy atom. The van der Waals surface area contributed by atoms with Crippen LogP contribution >= 0.6 is 0 Å². The van der Waals surface area contributed by atoms with Gasteiger partial charge in [-0.05, 0) is 58.2 Å². The van der Waals surface area contributed by atoms with Crippen LogP contribution in [0.4, 0.5) is 0 Å². The molecule has 0 radical (unpaired) electrons. The first-order chi connectivity index (χ1) is 13.0. The summed E-state index contributed by atoms with van der Waals surface area (Å²) in [5, 5.41) is 11.3. The van der Waals surface area contributed by atoms with Crippen molar-refractivity contribution in [2.75, 3.05) is 13.1 Å². The van der Waals surface area contributed by atoms with E-state index in [4.69, 9.17) is 9.73 Å². The van der Waals surface area contributed by atoms with Gasteiger partial charge in [0.25, 0.3) is 0 Å². The third kappa shape index (κ3) is 5.21. The van der Waals surface area contributed by atoms with Crippen LogP contribution in [0.5, 0.6) is 5.75 Å². The van der Waals surface area contributed by atoms with Gasteiger partial charge in [0.1, 0.15) is 23.5 Å². The lowest BCUT2D eigenvalue weighted by Gasteiger charge is -2.25. The number of nitrogens with one attached hydrogen (secondary N) is 2. The van der Waals surface area contributed by atoms with Crippen LogP contribution in [-0.2, 0) is 6.54 Å². The molecular weight excluding hydrogens is 340 g/mol. The molecule has 2 atom stereocenters. The fraction of sp³-hybridized carbons (Fsp3) is 0.550. The number of aryl methyl sites for hydroxylation is 3. The third-order valence-corrected chi connectivity index (χ3v) is 4.47. The van der Waals surface area contributed by atoms with E-state index in [-0.39, 0.29) is 12.1 Å². The van der Waals surface area contributed by atoms with E-state index >= 15 is 0 Å². The second-order valence-electron chi connectivity index (χ2n) is 7.04. The average molecular weight is 371 g/mol. The molecule has 27 heavy (non-hydrogen) atoms. The van der Waals surface area contributed by atoms with E-state index < -0.39 is 0 Å². The highest BCUT2D eigenvalue weighted by Gasteiger charge is 2.24. The Kier molecular flexibility index (Phi) is 6.32. The van der Waals surface area contributed by atoms with E-state index in [0.717, 1.165) is 49.3 Å². The number of fused-ring (bicyclic) bond motifs is 1. The van der Waals surface area contributed by atoms with Crippen molar-refractivity contribution >= 4 is 5.96 Å². The van der Waals surface area contributed by atoms with E-state index in [1.54, 1.807) is 0 Å². The van der Waals surface area contributed by atoms with Gasteiger partial charge in [-0.2, -0.15) is 5.10 Å². The van der Waals surface area contributed by atoms with Gasteiger partial charge in [-0.1, -0.05) is 12.1 Å². The minimum absolute atomic E-state index is 0.0143. The lowest BCUT2D eigenvalue weighted by Crippen LogP contribution is -2.42. The highest BCUT2D eigenvalue weighted by atomic mass is 16.5. The zero-order valence-electron chi connectivity index (χ0n) is 16.7. The molecule has 2 unspecified atom stereocenters. The van der Waals surface area contributed by atoms with Crippen LogP contribution in [0.25, 0.3) is 0 Å². The molecule has 0 saturated heterocycles. The Balaban J connectivity index is 1.63. The number of rotatable bonds is 6. The number of aromatic nitrogens is 3. The standard InChI is InChI=1S/C20H30N6O/c1-5-21-20(22-13-15(3)27-17-9-6-8-14(2)12-17)24-18-10-7-11-26-19(18)23-16(4)25-26/h6,8-9,12,15,18H,5,7,10-11,13H2,1-4H3,(H2,21,22,24). The maximum Gasteiger partial charge on any atom is 0.191 e. The van der Waals surface area contributed by atoms with E-state index in [0.29, 0.717) is 6.54 Å². The lowest BCUT2D eigenvalue weighted by molar-refractivity contribution is 0.230. The molecule has 2 N–H and O–H groups in total. The molecule has 0 bridgehead atoms.